The Morgan fingerprint density at radius 1 is 1.17 bits per heavy atom. The van der Waals surface area contributed by atoms with Crippen molar-refractivity contribution >= 4 is 0 Å². The van der Waals surface area contributed by atoms with Crippen LogP contribution in [0.4, 0.5) is 8.78 Å². The highest BCUT2D eigenvalue weighted by Gasteiger charge is 2.19. The summed E-state index contributed by atoms with van der Waals surface area (Å²) in [5.41, 5.74) is 0.882. The predicted molar refractivity (Wildman–Crippen MR) is 42.0 cm³/mol. The maximum Gasteiger partial charge on any atom is 0.159 e. The Balaban J connectivity index is 2.27. The Kier molecular flexibility index (Phi) is 1.81. The van der Waals surface area contributed by atoms with E-state index >= 15 is 0 Å². The van der Waals surface area contributed by atoms with Crippen LogP contribution >= 0.6 is 0 Å². The lowest BCUT2D eigenvalue weighted by atomic mass is 9.94. The van der Waals surface area contributed by atoms with Crippen molar-refractivity contribution in [1.29, 1.82) is 0 Å². The maximum atomic E-state index is 12.7. The van der Waals surface area contributed by atoms with Crippen molar-refractivity contribution in [3.8, 4) is 0 Å². The van der Waals surface area contributed by atoms with Crippen molar-refractivity contribution in [1.82, 2.24) is 5.32 Å². The monoisotopic (exact) mass is 169 g/mol. The van der Waals surface area contributed by atoms with Crippen LogP contribution in [-0.4, -0.2) is 13.1 Å². The summed E-state index contributed by atoms with van der Waals surface area (Å²) in [6.07, 6.45) is 0. The van der Waals surface area contributed by atoms with Crippen molar-refractivity contribution in [2.45, 2.75) is 5.92 Å². The molecule has 1 aliphatic heterocycles. The molecule has 0 amide bonds. The van der Waals surface area contributed by atoms with E-state index in [2.05, 4.69) is 5.32 Å². The Labute approximate surface area is 69.4 Å². The van der Waals surface area contributed by atoms with E-state index in [1.807, 2.05) is 0 Å². The number of benzene rings is 1. The lowest BCUT2D eigenvalue weighted by Gasteiger charge is -2.27. The van der Waals surface area contributed by atoms with Gasteiger partial charge in [-0.2, -0.15) is 0 Å². The van der Waals surface area contributed by atoms with E-state index < -0.39 is 11.6 Å². The molecule has 1 aromatic rings. The molecular formula is C9H9F2N. The van der Waals surface area contributed by atoms with E-state index in [1.54, 1.807) is 6.07 Å². The number of rotatable bonds is 1. The summed E-state index contributed by atoms with van der Waals surface area (Å²) in [4.78, 5) is 0. The van der Waals surface area contributed by atoms with Crippen molar-refractivity contribution in [3.63, 3.8) is 0 Å². The maximum absolute atomic E-state index is 12.7. The van der Waals surface area contributed by atoms with Gasteiger partial charge in [-0.15, -0.1) is 0 Å². The molecule has 0 radical (unpaired) electrons. The van der Waals surface area contributed by atoms with Crippen LogP contribution in [-0.2, 0) is 0 Å². The van der Waals surface area contributed by atoms with Crippen LogP contribution in [0.25, 0.3) is 0 Å². The molecule has 3 heteroatoms. The van der Waals surface area contributed by atoms with Gasteiger partial charge in [0.25, 0.3) is 0 Å². The molecule has 2 rings (SSSR count). The first-order valence-electron chi connectivity index (χ1n) is 3.93. The molecule has 0 aromatic heterocycles. The van der Waals surface area contributed by atoms with Crippen LogP contribution in [0.1, 0.15) is 11.5 Å². The quantitative estimate of drug-likeness (QED) is 0.674. The van der Waals surface area contributed by atoms with E-state index in [0.717, 1.165) is 18.7 Å². The molecule has 0 bridgehead atoms. The molecule has 0 unspecified atom stereocenters. The van der Waals surface area contributed by atoms with Gasteiger partial charge in [-0.3, -0.25) is 0 Å². The van der Waals surface area contributed by atoms with Crippen LogP contribution in [0.15, 0.2) is 18.2 Å². The van der Waals surface area contributed by atoms with Gasteiger partial charge in [0.15, 0.2) is 11.6 Å². The standard InChI is InChI=1S/C9H9F2N/c10-8-2-1-6(3-9(8)11)7-4-12-5-7/h1-3,7,12H,4-5H2. The highest BCUT2D eigenvalue weighted by molar-refractivity contribution is 5.24. The molecule has 0 atom stereocenters. The Bertz CT molecular complexity index is 295. The Morgan fingerprint density at radius 3 is 2.42 bits per heavy atom. The fraction of sp³-hybridized carbons (Fsp3) is 0.333. The summed E-state index contributed by atoms with van der Waals surface area (Å²) in [6, 6.07) is 4.10. The second-order valence-corrected chi connectivity index (χ2v) is 3.03. The molecule has 1 N–H and O–H groups in total. The summed E-state index contributed by atoms with van der Waals surface area (Å²) in [7, 11) is 0. The lowest BCUT2D eigenvalue weighted by Crippen LogP contribution is -2.39. The molecule has 0 aliphatic carbocycles. The zero-order valence-electron chi connectivity index (χ0n) is 6.48. The summed E-state index contributed by atoms with van der Waals surface area (Å²) in [5.74, 6) is -1.16. The van der Waals surface area contributed by atoms with Crippen molar-refractivity contribution < 1.29 is 8.78 Å². The van der Waals surface area contributed by atoms with Crippen LogP contribution in [0.2, 0.25) is 0 Å². The van der Waals surface area contributed by atoms with Crippen molar-refractivity contribution in [2.75, 3.05) is 13.1 Å². The average Bonchev–Trinajstić information content (AvgIpc) is 1.93. The molecule has 0 spiro atoms. The van der Waals surface area contributed by atoms with Crippen LogP contribution < -0.4 is 5.32 Å². The molecule has 1 aliphatic rings. The van der Waals surface area contributed by atoms with Crippen LogP contribution in [0.3, 0.4) is 0 Å². The molecule has 1 nitrogen and oxygen atoms in total. The fourth-order valence-electron chi connectivity index (χ4n) is 1.29. The van der Waals surface area contributed by atoms with Gasteiger partial charge in [-0.1, -0.05) is 6.07 Å². The molecule has 1 aromatic carbocycles. The van der Waals surface area contributed by atoms with Gasteiger partial charge in [0.2, 0.25) is 0 Å². The fourth-order valence-corrected chi connectivity index (χ4v) is 1.29. The zero-order chi connectivity index (χ0) is 8.55. The smallest absolute Gasteiger partial charge is 0.159 e. The number of hydrogen-bond acceptors (Lipinski definition) is 1. The molecule has 0 saturated carbocycles. The second-order valence-electron chi connectivity index (χ2n) is 3.03. The van der Waals surface area contributed by atoms with Crippen LogP contribution in [0.5, 0.6) is 0 Å². The SMILES string of the molecule is Fc1ccc(C2CNC2)cc1F. The molecule has 1 heterocycles. The first kappa shape index (κ1) is 7.68. The predicted octanol–water partition coefficient (Wildman–Crippen LogP) is 1.65. The molecular weight excluding hydrogens is 160 g/mol. The van der Waals surface area contributed by atoms with E-state index in [9.17, 15) is 8.78 Å². The minimum atomic E-state index is -0.772. The van der Waals surface area contributed by atoms with Crippen molar-refractivity contribution in [2.24, 2.45) is 0 Å². The second kappa shape index (κ2) is 2.83. The lowest BCUT2D eigenvalue weighted by molar-refractivity contribution is 0.442. The third-order valence-corrected chi connectivity index (χ3v) is 2.20. The van der Waals surface area contributed by atoms with Gasteiger partial charge in [-0.25, -0.2) is 8.78 Å². The Hall–Kier alpha value is -0.960. The van der Waals surface area contributed by atoms with E-state index in [-0.39, 0.29) is 0 Å². The summed E-state index contributed by atoms with van der Waals surface area (Å²) in [5, 5.41) is 3.08. The molecule has 1 fully saturated rings. The van der Waals surface area contributed by atoms with Gasteiger partial charge in [-0.05, 0) is 17.7 Å². The highest BCUT2D eigenvalue weighted by Crippen LogP contribution is 2.21. The number of halogens is 2. The minimum Gasteiger partial charge on any atom is -0.315 e. The van der Waals surface area contributed by atoms with E-state index in [0.29, 0.717) is 5.92 Å². The van der Waals surface area contributed by atoms with Crippen LogP contribution in [0, 0.1) is 11.6 Å². The number of nitrogens with one attached hydrogen (secondary N) is 1. The van der Waals surface area contributed by atoms with Gasteiger partial charge >= 0.3 is 0 Å². The third-order valence-electron chi connectivity index (χ3n) is 2.20. The third kappa shape index (κ3) is 1.20. The van der Waals surface area contributed by atoms with Gasteiger partial charge < -0.3 is 5.32 Å². The topological polar surface area (TPSA) is 12.0 Å². The summed E-state index contributed by atoms with van der Waals surface area (Å²) in [6.45, 7) is 1.73. The normalized spacial score (nSPS) is 17.5. The van der Waals surface area contributed by atoms with E-state index in [1.165, 1.54) is 12.1 Å². The average molecular weight is 169 g/mol. The van der Waals surface area contributed by atoms with Gasteiger partial charge in [0.1, 0.15) is 0 Å². The molecule has 64 valence electrons. The molecule has 1 saturated heterocycles. The summed E-state index contributed by atoms with van der Waals surface area (Å²) < 4.78 is 25.2. The van der Waals surface area contributed by atoms with Gasteiger partial charge in [0, 0.05) is 19.0 Å². The van der Waals surface area contributed by atoms with Crippen molar-refractivity contribution in [3.05, 3.63) is 35.4 Å². The minimum absolute atomic E-state index is 0.361. The van der Waals surface area contributed by atoms with E-state index in [4.69, 9.17) is 0 Å². The zero-order valence-corrected chi connectivity index (χ0v) is 6.48. The number of hydrogen-bond donors (Lipinski definition) is 1. The first-order valence-corrected chi connectivity index (χ1v) is 3.93. The first-order chi connectivity index (χ1) is 5.77. The highest BCUT2D eigenvalue weighted by atomic mass is 19.2. The summed E-state index contributed by atoms with van der Waals surface area (Å²) >= 11 is 0. The molecule has 12 heavy (non-hydrogen) atoms. The largest absolute Gasteiger partial charge is 0.315 e. The Morgan fingerprint density at radius 2 is 1.92 bits per heavy atom. The van der Waals surface area contributed by atoms with Gasteiger partial charge in [0.05, 0.1) is 0 Å².